The second-order valence-electron chi connectivity index (χ2n) is 9.93. The van der Waals surface area contributed by atoms with Crippen molar-refractivity contribution in [2.24, 2.45) is 11.8 Å². The average molecular weight is 362 g/mol. The van der Waals surface area contributed by atoms with E-state index in [1.54, 1.807) is 0 Å². The molecule has 152 valence electrons. The Labute approximate surface area is 164 Å². The van der Waals surface area contributed by atoms with Gasteiger partial charge in [0.2, 0.25) is 0 Å². The molecule has 0 amide bonds. The highest BCUT2D eigenvalue weighted by Gasteiger charge is 2.34. The zero-order valence-electron chi connectivity index (χ0n) is 17.7. The lowest BCUT2D eigenvalue weighted by Crippen LogP contribution is -2.42. The van der Waals surface area contributed by atoms with Crippen LogP contribution in [0.1, 0.15) is 135 Å². The van der Waals surface area contributed by atoms with Crippen molar-refractivity contribution in [3.63, 3.8) is 0 Å². The van der Waals surface area contributed by atoms with E-state index < -0.39 is 0 Å². The maximum absolute atomic E-state index is 4.25. The van der Waals surface area contributed by atoms with Crippen molar-refractivity contribution in [1.82, 2.24) is 5.32 Å². The van der Waals surface area contributed by atoms with Gasteiger partial charge in [-0.1, -0.05) is 109 Å². The fourth-order valence-electron chi connectivity index (χ4n) is 6.31. The third kappa shape index (κ3) is 7.17. The van der Waals surface area contributed by atoms with Gasteiger partial charge in [-0.25, -0.2) is 0 Å². The maximum atomic E-state index is 4.25. The van der Waals surface area contributed by atoms with E-state index in [0.717, 1.165) is 23.9 Å². The molecule has 0 aromatic rings. The van der Waals surface area contributed by atoms with Crippen molar-refractivity contribution in [2.45, 2.75) is 147 Å². The molecule has 3 fully saturated rings. The van der Waals surface area contributed by atoms with E-state index in [1.807, 2.05) is 0 Å². The third-order valence-electron chi connectivity index (χ3n) is 7.88. The fourth-order valence-corrected chi connectivity index (χ4v) is 6.31. The molecule has 0 radical (unpaired) electrons. The molecule has 2 unspecified atom stereocenters. The van der Waals surface area contributed by atoms with E-state index >= 15 is 0 Å². The van der Waals surface area contributed by atoms with Gasteiger partial charge in [-0.3, -0.25) is 0 Å². The summed E-state index contributed by atoms with van der Waals surface area (Å²) in [5.41, 5.74) is 0. The van der Waals surface area contributed by atoms with Gasteiger partial charge in [-0.05, 0) is 37.5 Å². The van der Waals surface area contributed by atoms with Crippen LogP contribution in [-0.4, -0.2) is 12.1 Å². The molecular formula is C25H47N. The number of nitrogens with one attached hydrogen (secondary N) is 1. The van der Waals surface area contributed by atoms with Crippen LogP contribution in [0.5, 0.6) is 0 Å². The van der Waals surface area contributed by atoms with Crippen LogP contribution >= 0.6 is 0 Å². The Bertz CT molecular complexity index is 330. The Kier molecular flexibility index (Phi) is 9.89. The van der Waals surface area contributed by atoms with Crippen LogP contribution in [-0.2, 0) is 0 Å². The molecule has 3 aliphatic carbocycles. The van der Waals surface area contributed by atoms with Crippen LogP contribution in [0.15, 0.2) is 0 Å². The highest BCUT2D eigenvalue weighted by molar-refractivity contribution is 4.90. The van der Waals surface area contributed by atoms with Gasteiger partial charge in [0.25, 0.3) is 0 Å². The molecule has 0 saturated heterocycles. The summed E-state index contributed by atoms with van der Waals surface area (Å²) in [6.07, 6.45) is 31.4. The largest absolute Gasteiger partial charge is 0.311 e. The minimum atomic E-state index is 0.829. The predicted octanol–water partition coefficient (Wildman–Crippen LogP) is 7.78. The Morgan fingerprint density at radius 2 is 0.846 bits per heavy atom. The van der Waals surface area contributed by atoms with Crippen molar-refractivity contribution in [3.8, 4) is 0 Å². The molecule has 3 aliphatic rings. The normalized spacial score (nSPS) is 32.3. The first kappa shape index (κ1) is 20.7. The maximum Gasteiger partial charge on any atom is 0.0101 e. The standard InChI is InChI=1S/C25H47N/c1-2-4-10-14-19-23(18-13-9-3-1)26-25-21-15-20-24(25)22-16-11-7-5-6-8-12-17-22/h22-26H,1-21H2. The van der Waals surface area contributed by atoms with Crippen molar-refractivity contribution in [3.05, 3.63) is 0 Å². The summed E-state index contributed by atoms with van der Waals surface area (Å²) in [5, 5.41) is 4.25. The minimum Gasteiger partial charge on any atom is -0.311 e. The lowest BCUT2D eigenvalue weighted by Gasteiger charge is -2.32. The highest BCUT2D eigenvalue weighted by Crippen LogP contribution is 2.38. The van der Waals surface area contributed by atoms with Gasteiger partial charge in [0.05, 0.1) is 0 Å². The molecule has 0 heterocycles. The Balaban J connectivity index is 1.51. The zero-order valence-corrected chi connectivity index (χ0v) is 17.7. The van der Waals surface area contributed by atoms with Crippen LogP contribution in [0.25, 0.3) is 0 Å². The summed E-state index contributed by atoms with van der Waals surface area (Å²) < 4.78 is 0. The van der Waals surface area contributed by atoms with Crippen molar-refractivity contribution in [1.29, 1.82) is 0 Å². The molecule has 0 aliphatic heterocycles. The predicted molar refractivity (Wildman–Crippen MR) is 115 cm³/mol. The first-order valence-corrected chi connectivity index (χ1v) is 12.7. The van der Waals surface area contributed by atoms with Gasteiger partial charge in [-0.15, -0.1) is 0 Å². The summed E-state index contributed by atoms with van der Waals surface area (Å²) >= 11 is 0. The van der Waals surface area contributed by atoms with Gasteiger partial charge >= 0.3 is 0 Å². The molecule has 0 spiro atoms. The van der Waals surface area contributed by atoms with E-state index in [2.05, 4.69) is 5.32 Å². The Morgan fingerprint density at radius 1 is 0.385 bits per heavy atom. The Morgan fingerprint density at radius 3 is 1.38 bits per heavy atom. The van der Waals surface area contributed by atoms with Crippen LogP contribution in [0.4, 0.5) is 0 Å². The summed E-state index contributed by atoms with van der Waals surface area (Å²) in [5.74, 6) is 2.04. The molecule has 1 heteroatoms. The third-order valence-corrected chi connectivity index (χ3v) is 7.88. The smallest absolute Gasteiger partial charge is 0.0101 e. The molecule has 26 heavy (non-hydrogen) atoms. The molecule has 0 aromatic carbocycles. The van der Waals surface area contributed by atoms with Crippen LogP contribution in [0, 0.1) is 11.8 Å². The fraction of sp³-hybridized carbons (Fsp3) is 1.00. The van der Waals surface area contributed by atoms with Gasteiger partial charge in [0.1, 0.15) is 0 Å². The summed E-state index contributed by atoms with van der Waals surface area (Å²) in [7, 11) is 0. The molecule has 0 bridgehead atoms. The first-order chi connectivity index (χ1) is 12.9. The van der Waals surface area contributed by atoms with Crippen molar-refractivity contribution in [2.75, 3.05) is 0 Å². The van der Waals surface area contributed by atoms with Gasteiger partial charge in [0, 0.05) is 12.1 Å². The molecule has 1 N–H and O–H groups in total. The molecule has 3 saturated carbocycles. The second-order valence-corrected chi connectivity index (χ2v) is 9.93. The molecule has 3 rings (SSSR count). The number of hydrogen-bond donors (Lipinski definition) is 1. The van der Waals surface area contributed by atoms with Crippen molar-refractivity contribution < 1.29 is 0 Å². The molecule has 2 atom stereocenters. The molecule has 1 nitrogen and oxygen atoms in total. The number of rotatable bonds is 3. The van der Waals surface area contributed by atoms with Crippen LogP contribution in [0.3, 0.4) is 0 Å². The summed E-state index contributed by atoms with van der Waals surface area (Å²) in [4.78, 5) is 0. The van der Waals surface area contributed by atoms with Crippen LogP contribution in [0.2, 0.25) is 0 Å². The lowest BCUT2D eigenvalue weighted by atomic mass is 9.81. The minimum absolute atomic E-state index is 0.829. The Hall–Kier alpha value is -0.0400. The zero-order chi connectivity index (χ0) is 17.9. The molecule has 0 aromatic heterocycles. The summed E-state index contributed by atoms with van der Waals surface area (Å²) in [6.45, 7) is 0. The van der Waals surface area contributed by atoms with Gasteiger partial charge in [0.15, 0.2) is 0 Å². The average Bonchev–Trinajstić information content (AvgIpc) is 3.12. The number of hydrogen-bond acceptors (Lipinski definition) is 1. The summed E-state index contributed by atoms with van der Waals surface area (Å²) in [6, 6.07) is 1.69. The second kappa shape index (κ2) is 12.4. The van der Waals surface area contributed by atoms with E-state index in [1.165, 1.54) is 135 Å². The SMILES string of the molecule is C1CCCCCC(NC2CCCC2C2CCCCCCCC2)CCCC1. The van der Waals surface area contributed by atoms with Gasteiger partial charge < -0.3 is 5.32 Å². The van der Waals surface area contributed by atoms with Crippen molar-refractivity contribution >= 4 is 0 Å². The van der Waals surface area contributed by atoms with E-state index in [9.17, 15) is 0 Å². The highest BCUT2D eigenvalue weighted by atomic mass is 15.0. The van der Waals surface area contributed by atoms with E-state index in [4.69, 9.17) is 0 Å². The lowest BCUT2D eigenvalue weighted by molar-refractivity contribution is 0.224. The molecular weight excluding hydrogens is 314 g/mol. The topological polar surface area (TPSA) is 12.0 Å². The van der Waals surface area contributed by atoms with Crippen LogP contribution < -0.4 is 5.32 Å². The van der Waals surface area contributed by atoms with E-state index in [-0.39, 0.29) is 0 Å². The quantitative estimate of drug-likeness (QED) is 0.541. The monoisotopic (exact) mass is 361 g/mol. The first-order valence-electron chi connectivity index (χ1n) is 12.7. The van der Waals surface area contributed by atoms with E-state index in [0.29, 0.717) is 0 Å². The van der Waals surface area contributed by atoms with Gasteiger partial charge in [-0.2, -0.15) is 0 Å².